The van der Waals surface area contributed by atoms with Crippen LogP contribution in [-0.4, -0.2) is 39.9 Å². The van der Waals surface area contributed by atoms with E-state index in [2.05, 4.69) is 16.4 Å². The molecule has 0 bridgehead atoms. The second-order valence-electron chi connectivity index (χ2n) is 7.94. The lowest BCUT2D eigenvalue weighted by Crippen LogP contribution is -2.41. The van der Waals surface area contributed by atoms with Crippen LogP contribution in [-0.2, 0) is 16.0 Å². The third kappa shape index (κ3) is 5.41. The standard InChI is InChI=1S/C24H27N3O3S/c28-20-9-3-1-7-18(20)26-24(30)17-13-15-27(16-14-17)23(29)12-6-5-11-22-25-19-8-2-4-10-21(19)31-22/h1-4,7-10,17,28H,5-6,11-16H2,(H,26,30). The highest BCUT2D eigenvalue weighted by atomic mass is 32.1. The van der Waals surface area contributed by atoms with Gasteiger partial charge in [0.1, 0.15) is 5.75 Å². The van der Waals surface area contributed by atoms with Crippen LogP contribution in [0.2, 0.25) is 0 Å². The molecule has 1 saturated heterocycles. The topological polar surface area (TPSA) is 82.5 Å². The van der Waals surface area contributed by atoms with Gasteiger partial charge in [0.25, 0.3) is 0 Å². The molecule has 0 unspecified atom stereocenters. The Hall–Kier alpha value is -2.93. The molecule has 31 heavy (non-hydrogen) atoms. The molecule has 0 spiro atoms. The number of aromatic hydroxyl groups is 1. The summed E-state index contributed by atoms with van der Waals surface area (Å²) in [6.07, 6.45) is 4.54. The number of carbonyl (C=O) groups excluding carboxylic acids is 2. The van der Waals surface area contributed by atoms with Gasteiger partial charge in [-0.15, -0.1) is 11.3 Å². The molecular formula is C24H27N3O3S. The number of benzene rings is 2. The first-order valence-electron chi connectivity index (χ1n) is 10.8. The summed E-state index contributed by atoms with van der Waals surface area (Å²) < 4.78 is 1.21. The lowest BCUT2D eigenvalue weighted by atomic mass is 9.95. The summed E-state index contributed by atoms with van der Waals surface area (Å²) in [5.41, 5.74) is 1.48. The highest BCUT2D eigenvalue weighted by Gasteiger charge is 2.27. The fourth-order valence-electron chi connectivity index (χ4n) is 3.94. The van der Waals surface area contributed by atoms with E-state index in [9.17, 15) is 14.7 Å². The van der Waals surface area contributed by atoms with E-state index in [4.69, 9.17) is 0 Å². The third-order valence-electron chi connectivity index (χ3n) is 5.75. The van der Waals surface area contributed by atoms with E-state index in [1.165, 1.54) is 4.70 Å². The molecule has 0 saturated carbocycles. The zero-order chi connectivity index (χ0) is 21.6. The number of unbranched alkanes of at least 4 members (excludes halogenated alkanes) is 1. The molecule has 3 aromatic rings. The molecule has 2 aromatic carbocycles. The van der Waals surface area contributed by atoms with Crippen LogP contribution in [0.3, 0.4) is 0 Å². The number of phenols is 1. The summed E-state index contributed by atoms with van der Waals surface area (Å²) >= 11 is 1.73. The summed E-state index contributed by atoms with van der Waals surface area (Å²) in [7, 11) is 0. The van der Waals surface area contributed by atoms with E-state index in [0.29, 0.717) is 38.0 Å². The summed E-state index contributed by atoms with van der Waals surface area (Å²) in [6, 6.07) is 14.9. The first kappa shape index (κ1) is 21.3. The fourth-order valence-corrected chi connectivity index (χ4v) is 4.95. The minimum atomic E-state index is -0.136. The van der Waals surface area contributed by atoms with Crippen molar-refractivity contribution >= 4 is 39.1 Å². The zero-order valence-electron chi connectivity index (χ0n) is 17.4. The van der Waals surface area contributed by atoms with E-state index >= 15 is 0 Å². The van der Waals surface area contributed by atoms with Gasteiger partial charge in [0.05, 0.1) is 20.9 Å². The van der Waals surface area contributed by atoms with Crippen LogP contribution in [0.1, 0.15) is 37.1 Å². The maximum absolute atomic E-state index is 12.5. The van der Waals surface area contributed by atoms with E-state index in [1.807, 2.05) is 23.1 Å². The van der Waals surface area contributed by atoms with Crippen molar-refractivity contribution in [2.24, 2.45) is 5.92 Å². The van der Waals surface area contributed by atoms with Gasteiger partial charge in [-0.1, -0.05) is 24.3 Å². The van der Waals surface area contributed by atoms with Gasteiger partial charge < -0.3 is 15.3 Å². The Morgan fingerprint density at radius 3 is 2.58 bits per heavy atom. The van der Waals surface area contributed by atoms with Crippen molar-refractivity contribution < 1.29 is 14.7 Å². The Bertz CT molecular complexity index is 1020. The van der Waals surface area contributed by atoms with Crippen molar-refractivity contribution in [1.82, 2.24) is 9.88 Å². The van der Waals surface area contributed by atoms with Crippen LogP contribution in [0.15, 0.2) is 48.5 Å². The van der Waals surface area contributed by atoms with Gasteiger partial charge in [0.2, 0.25) is 11.8 Å². The molecule has 1 aliphatic rings. The van der Waals surface area contributed by atoms with E-state index in [0.717, 1.165) is 29.8 Å². The number of amides is 2. The van der Waals surface area contributed by atoms with Gasteiger partial charge in [0, 0.05) is 25.4 Å². The predicted molar refractivity (Wildman–Crippen MR) is 123 cm³/mol. The molecule has 6 nitrogen and oxygen atoms in total. The molecule has 1 fully saturated rings. The quantitative estimate of drug-likeness (QED) is 0.418. The van der Waals surface area contributed by atoms with Crippen LogP contribution in [0.25, 0.3) is 10.2 Å². The van der Waals surface area contributed by atoms with Crippen molar-refractivity contribution in [2.75, 3.05) is 18.4 Å². The number of likely N-dealkylation sites (tertiary alicyclic amines) is 1. The second-order valence-corrected chi connectivity index (χ2v) is 9.06. The number of para-hydroxylation sites is 3. The maximum atomic E-state index is 12.5. The molecule has 0 aliphatic carbocycles. The van der Waals surface area contributed by atoms with Crippen molar-refractivity contribution in [2.45, 2.75) is 38.5 Å². The van der Waals surface area contributed by atoms with E-state index in [-0.39, 0.29) is 23.5 Å². The number of nitrogens with one attached hydrogen (secondary N) is 1. The van der Waals surface area contributed by atoms with Gasteiger partial charge >= 0.3 is 0 Å². The highest BCUT2D eigenvalue weighted by molar-refractivity contribution is 7.18. The van der Waals surface area contributed by atoms with Crippen LogP contribution in [0.4, 0.5) is 5.69 Å². The van der Waals surface area contributed by atoms with Gasteiger partial charge in [-0.25, -0.2) is 4.98 Å². The number of hydrogen-bond donors (Lipinski definition) is 2. The molecule has 4 rings (SSSR count). The van der Waals surface area contributed by atoms with Crippen molar-refractivity contribution in [3.05, 3.63) is 53.5 Å². The largest absolute Gasteiger partial charge is 0.506 e. The number of hydrogen-bond acceptors (Lipinski definition) is 5. The van der Waals surface area contributed by atoms with Crippen LogP contribution >= 0.6 is 11.3 Å². The number of aromatic nitrogens is 1. The van der Waals surface area contributed by atoms with Gasteiger partial charge in [0.15, 0.2) is 0 Å². The SMILES string of the molecule is O=C(Nc1ccccc1O)C1CCN(C(=O)CCCCc2nc3ccccc3s2)CC1. The first-order valence-corrected chi connectivity index (χ1v) is 11.6. The monoisotopic (exact) mass is 437 g/mol. The number of nitrogens with zero attached hydrogens (tertiary/aromatic N) is 2. The smallest absolute Gasteiger partial charge is 0.227 e. The van der Waals surface area contributed by atoms with E-state index in [1.54, 1.807) is 35.6 Å². The number of fused-ring (bicyclic) bond motifs is 1. The number of aryl methyl sites for hydroxylation is 1. The normalized spacial score (nSPS) is 14.6. The van der Waals surface area contributed by atoms with Gasteiger partial charge in [-0.2, -0.15) is 0 Å². The molecule has 1 aromatic heterocycles. The molecule has 2 N–H and O–H groups in total. The average Bonchev–Trinajstić information content (AvgIpc) is 3.21. The predicted octanol–water partition coefficient (Wildman–Crippen LogP) is 4.59. The van der Waals surface area contributed by atoms with Gasteiger partial charge in [-0.05, 0) is 56.4 Å². The third-order valence-corrected chi connectivity index (χ3v) is 6.85. The lowest BCUT2D eigenvalue weighted by Gasteiger charge is -2.31. The molecule has 7 heteroatoms. The Balaban J connectivity index is 1.17. The number of carbonyl (C=O) groups is 2. The number of rotatable bonds is 7. The molecule has 0 atom stereocenters. The van der Waals surface area contributed by atoms with Crippen LogP contribution in [0, 0.1) is 5.92 Å². The van der Waals surface area contributed by atoms with Crippen LogP contribution in [0.5, 0.6) is 5.75 Å². The molecular weight excluding hydrogens is 410 g/mol. The molecule has 0 radical (unpaired) electrons. The Morgan fingerprint density at radius 2 is 1.81 bits per heavy atom. The number of anilines is 1. The number of thiazole rings is 1. The number of phenolic OH excluding ortho intramolecular Hbond substituents is 1. The molecule has 1 aliphatic heterocycles. The minimum Gasteiger partial charge on any atom is -0.506 e. The molecule has 162 valence electrons. The lowest BCUT2D eigenvalue weighted by molar-refractivity contribution is -0.134. The first-order chi connectivity index (χ1) is 15.1. The van der Waals surface area contributed by atoms with Crippen molar-refractivity contribution in [3.63, 3.8) is 0 Å². The summed E-state index contributed by atoms with van der Waals surface area (Å²) in [5.74, 6) is 0.00491. The summed E-state index contributed by atoms with van der Waals surface area (Å²) in [6.45, 7) is 1.21. The maximum Gasteiger partial charge on any atom is 0.227 e. The highest BCUT2D eigenvalue weighted by Crippen LogP contribution is 2.26. The Morgan fingerprint density at radius 1 is 1.06 bits per heavy atom. The fraction of sp³-hybridized carbons (Fsp3) is 0.375. The Labute approximate surface area is 185 Å². The van der Waals surface area contributed by atoms with Crippen molar-refractivity contribution in [1.29, 1.82) is 0 Å². The van der Waals surface area contributed by atoms with Crippen LogP contribution < -0.4 is 5.32 Å². The van der Waals surface area contributed by atoms with Gasteiger partial charge in [-0.3, -0.25) is 9.59 Å². The molecule has 2 heterocycles. The summed E-state index contributed by atoms with van der Waals surface area (Å²) in [4.78, 5) is 31.5. The molecule has 2 amide bonds. The summed E-state index contributed by atoms with van der Waals surface area (Å²) in [5, 5.41) is 13.7. The zero-order valence-corrected chi connectivity index (χ0v) is 18.2. The minimum absolute atomic E-state index is 0.0642. The van der Waals surface area contributed by atoms with Crippen molar-refractivity contribution in [3.8, 4) is 5.75 Å². The average molecular weight is 438 g/mol. The Kier molecular flexibility index (Phi) is 6.82. The second kappa shape index (κ2) is 9.92. The number of piperidine rings is 1. The van der Waals surface area contributed by atoms with E-state index < -0.39 is 0 Å².